The Labute approximate surface area is 279 Å². The standard InChI is InChI=1S/C29H47ClN6O9P2/c1-2-3-4-5-6-7-8-9-10-11-12-13-14-15-16-17-22(37)33-26-23-27(35-29(30)34-26)36(19-31-23)28-25(39)24(38)21(45-28)18-32-46(40,41)20-47(42,43)44/h6-7,9-10,19,21,24-25,28,38-39H,2-5,8,11-18,20H2,1H3,(H2,32,40,41)(H2,42,43,44)(H,33,34,35,37)/b7-6-,10-9-/t21-,24?,25?,28-/m1/s1. The van der Waals surface area contributed by atoms with Gasteiger partial charge in [-0.15, -0.1) is 0 Å². The lowest BCUT2D eigenvalue weighted by Gasteiger charge is -2.19. The highest BCUT2D eigenvalue weighted by atomic mass is 35.5. The van der Waals surface area contributed by atoms with Crippen molar-refractivity contribution in [3.05, 3.63) is 35.9 Å². The zero-order valence-corrected chi connectivity index (χ0v) is 29.1. The number of hydrogen-bond acceptors (Lipinski definition) is 9. The number of ether oxygens (including phenoxy) is 1. The van der Waals surface area contributed by atoms with Gasteiger partial charge in [0.05, 0.1) is 6.33 Å². The molecule has 1 saturated heterocycles. The number of fused-ring (bicyclic) bond motifs is 1. The van der Waals surface area contributed by atoms with Crippen molar-refractivity contribution in [1.82, 2.24) is 24.6 Å². The first-order valence-corrected chi connectivity index (χ1v) is 20.0. The number of hydrogen-bond donors (Lipinski definition) is 7. The quantitative estimate of drug-likeness (QED) is 0.0400. The Balaban J connectivity index is 1.45. The molecule has 3 heterocycles. The van der Waals surface area contributed by atoms with Crippen LogP contribution < -0.4 is 10.4 Å². The summed E-state index contributed by atoms with van der Waals surface area (Å²) in [6, 6.07) is 0. The minimum Gasteiger partial charge on any atom is -0.387 e. The van der Waals surface area contributed by atoms with E-state index in [9.17, 15) is 29.0 Å². The molecular weight excluding hydrogens is 674 g/mol. The second-order valence-electron chi connectivity index (χ2n) is 11.6. The normalized spacial score (nSPS) is 21.7. The Kier molecular flexibility index (Phi) is 16.1. The van der Waals surface area contributed by atoms with Crippen molar-refractivity contribution in [2.75, 3.05) is 17.8 Å². The largest absolute Gasteiger partial charge is 0.387 e. The number of halogens is 1. The van der Waals surface area contributed by atoms with Crippen molar-refractivity contribution in [3.8, 4) is 0 Å². The number of carbonyl (C=O) groups excluding carboxylic acids is 1. The van der Waals surface area contributed by atoms with Crippen LogP contribution in [0.2, 0.25) is 5.28 Å². The summed E-state index contributed by atoms with van der Waals surface area (Å²) >= 11 is 6.13. The number of amides is 1. The van der Waals surface area contributed by atoms with Crippen LogP contribution >= 0.6 is 26.7 Å². The maximum Gasteiger partial charge on any atom is 0.336 e. The van der Waals surface area contributed by atoms with Crippen LogP contribution in [0.5, 0.6) is 0 Å². The molecule has 18 heteroatoms. The molecule has 1 aliphatic rings. The first-order chi connectivity index (χ1) is 22.3. The van der Waals surface area contributed by atoms with Crippen LogP contribution in [-0.2, 0) is 18.7 Å². The molecule has 3 unspecified atom stereocenters. The fraction of sp³-hybridized carbons (Fsp3) is 0.655. The number of imidazole rings is 1. The average molecular weight is 721 g/mol. The summed E-state index contributed by atoms with van der Waals surface area (Å²) in [5.74, 6) is -1.51. The van der Waals surface area contributed by atoms with Gasteiger partial charge in [-0.05, 0) is 50.1 Å². The average Bonchev–Trinajstić information content (AvgIpc) is 3.52. The molecule has 3 rings (SSSR count). The van der Waals surface area contributed by atoms with E-state index in [1.165, 1.54) is 30.2 Å². The lowest BCUT2D eigenvalue weighted by molar-refractivity contribution is -0.116. The maximum atomic E-state index is 12.7. The van der Waals surface area contributed by atoms with Gasteiger partial charge in [0.1, 0.15) is 24.2 Å². The molecule has 0 spiro atoms. The number of rotatable bonds is 21. The number of aliphatic hydroxyl groups excluding tert-OH is 2. The summed E-state index contributed by atoms with van der Waals surface area (Å²) in [5, 5.41) is 25.8. The minimum absolute atomic E-state index is 0.0660. The topological polar surface area (TPSA) is 229 Å². The zero-order valence-electron chi connectivity index (χ0n) is 26.5. The van der Waals surface area contributed by atoms with Crippen LogP contribution in [0.15, 0.2) is 30.6 Å². The Morgan fingerprint density at radius 2 is 1.64 bits per heavy atom. The van der Waals surface area contributed by atoms with Crippen molar-refractivity contribution in [3.63, 3.8) is 0 Å². The van der Waals surface area contributed by atoms with Gasteiger partial charge in [0, 0.05) is 13.0 Å². The van der Waals surface area contributed by atoms with Gasteiger partial charge >= 0.3 is 7.60 Å². The molecule has 1 amide bonds. The molecule has 0 aliphatic carbocycles. The van der Waals surface area contributed by atoms with E-state index < -0.39 is 52.1 Å². The van der Waals surface area contributed by atoms with Gasteiger partial charge in [0.2, 0.25) is 11.2 Å². The molecule has 47 heavy (non-hydrogen) atoms. The van der Waals surface area contributed by atoms with E-state index in [2.05, 4.69) is 56.6 Å². The van der Waals surface area contributed by atoms with Gasteiger partial charge in [-0.1, -0.05) is 63.3 Å². The Morgan fingerprint density at radius 1 is 0.979 bits per heavy atom. The molecule has 15 nitrogen and oxygen atoms in total. The summed E-state index contributed by atoms with van der Waals surface area (Å²) in [6.07, 6.45) is 16.7. The molecular formula is C29H47ClN6O9P2. The van der Waals surface area contributed by atoms with Crippen molar-refractivity contribution in [2.45, 2.75) is 109 Å². The van der Waals surface area contributed by atoms with Crippen LogP contribution in [0, 0.1) is 0 Å². The van der Waals surface area contributed by atoms with Gasteiger partial charge in [-0.3, -0.25) is 18.5 Å². The number of aliphatic hydroxyl groups is 2. The monoisotopic (exact) mass is 720 g/mol. The Bertz CT molecular complexity index is 1450. The van der Waals surface area contributed by atoms with Crippen molar-refractivity contribution in [2.24, 2.45) is 0 Å². The predicted octanol–water partition coefficient (Wildman–Crippen LogP) is 4.76. The lowest BCUT2D eigenvalue weighted by atomic mass is 10.1. The second kappa shape index (κ2) is 19.2. The molecule has 2 aromatic rings. The number of aromatic nitrogens is 4. The molecule has 264 valence electrons. The van der Waals surface area contributed by atoms with Crippen molar-refractivity contribution >= 4 is 49.6 Å². The number of allylic oxidation sites excluding steroid dienone is 4. The third-order valence-corrected chi connectivity index (χ3v) is 11.4. The van der Waals surface area contributed by atoms with E-state index in [1.807, 2.05) is 0 Å². The molecule has 0 bridgehead atoms. The summed E-state index contributed by atoms with van der Waals surface area (Å²) in [4.78, 5) is 53.0. The molecule has 2 aromatic heterocycles. The number of anilines is 1. The first-order valence-electron chi connectivity index (χ1n) is 15.9. The SMILES string of the molecule is CCCCC/C=C\C/C=C\CCCCCCCC(=O)Nc1nc(Cl)nc2c1ncn2[C@@H]1O[C@H](CNP(=O)(O)CP(=O)(O)O)C(O)C1O. The van der Waals surface area contributed by atoms with Gasteiger partial charge in [-0.25, -0.2) is 10.1 Å². The van der Waals surface area contributed by atoms with Gasteiger partial charge in [0.25, 0.3) is 7.52 Å². The van der Waals surface area contributed by atoms with E-state index in [-0.39, 0.29) is 34.6 Å². The third-order valence-electron chi connectivity index (χ3n) is 7.53. The van der Waals surface area contributed by atoms with E-state index in [1.54, 1.807) is 0 Å². The minimum atomic E-state index is -4.80. The molecule has 0 saturated carbocycles. The van der Waals surface area contributed by atoms with E-state index in [4.69, 9.17) is 26.1 Å². The highest BCUT2D eigenvalue weighted by Crippen LogP contribution is 2.52. The van der Waals surface area contributed by atoms with E-state index in [0.29, 0.717) is 6.42 Å². The van der Waals surface area contributed by atoms with E-state index in [0.717, 1.165) is 44.9 Å². The van der Waals surface area contributed by atoms with Gasteiger partial charge in [-0.2, -0.15) is 9.97 Å². The predicted molar refractivity (Wildman–Crippen MR) is 179 cm³/mol. The fourth-order valence-corrected chi connectivity index (χ4v) is 8.14. The van der Waals surface area contributed by atoms with Gasteiger partial charge in [0.15, 0.2) is 23.2 Å². The number of nitrogens with zero attached hydrogens (tertiary/aromatic N) is 4. The van der Waals surface area contributed by atoms with Crippen molar-refractivity contribution in [1.29, 1.82) is 0 Å². The smallest absolute Gasteiger partial charge is 0.336 e. The molecule has 0 aromatic carbocycles. The molecule has 1 aliphatic heterocycles. The highest BCUT2D eigenvalue weighted by Gasteiger charge is 2.45. The van der Waals surface area contributed by atoms with Crippen LogP contribution in [0.4, 0.5) is 5.82 Å². The molecule has 5 atom stereocenters. The highest BCUT2D eigenvalue weighted by molar-refractivity contribution is 7.71. The summed E-state index contributed by atoms with van der Waals surface area (Å²) in [5.41, 5.74) is 0.257. The summed E-state index contributed by atoms with van der Waals surface area (Å²) < 4.78 is 30.2. The Hall–Kier alpha value is -2.03. The second-order valence-corrected chi connectivity index (χ2v) is 16.1. The fourth-order valence-electron chi connectivity index (χ4n) is 5.11. The summed E-state index contributed by atoms with van der Waals surface area (Å²) in [6.45, 7) is 1.71. The number of carbonyl (C=O) groups is 1. The van der Waals surface area contributed by atoms with Crippen LogP contribution in [0.3, 0.4) is 0 Å². The maximum absolute atomic E-state index is 12.7. The van der Waals surface area contributed by atoms with Gasteiger partial charge < -0.3 is 34.9 Å². The Morgan fingerprint density at radius 3 is 2.32 bits per heavy atom. The van der Waals surface area contributed by atoms with E-state index >= 15 is 0 Å². The van der Waals surface area contributed by atoms with Crippen molar-refractivity contribution < 1.29 is 43.6 Å². The van der Waals surface area contributed by atoms with Crippen LogP contribution in [0.25, 0.3) is 11.2 Å². The number of nitrogens with one attached hydrogen (secondary N) is 2. The third kappa shape index (κ3) is 13.4. The number of unbranched alkanes of at least 4 members (excludes halogenated alkanes) is 8. The molecule has 7 N–H and O–H groups in total. The molecule has 0 radical (unpaired) electrons. The first kappa shape index (κ1) is 39.4. The van der Waals surface area contributed by atoms with Crippen LogP contribution in [0.1, 0.15) is 90.2 Å². The molecule has 1 fully saturated rings. The zero-order chi connectivity index (χ0) is 34.5. The summed E-state index contributed by atoms with van der Waals surface area (Å²) in [7, 11) is -9.27. The lowest BCUT2D eigenvalue weighted by Crippen LogP contribution is -2.37. The van der Waals surface area contributed by atoms with Crippen LogP contribution in [-0.4, -0.2) is 81.1 Å².